The second-order valence-electron chi connectivity index (χ2n) is 3.16. The van der Waals surface area contributed by atoms with E-state index in [0.717, 1.165) is 13.2 Å². The minimum absolute atomic E-state index is 0.532. The predicted molar refractivity (Wildman–Crippen MR) is 48.2 cm³/mol. The van der Waals surface area contributed by atoms with Crippen molar-refractivity contribution in [2.45, 2.75) is 26.3 Å². The van der Waals surface area contributed by atoms with E-state index in [4.69, 9.17) is 4.74 Å². The van der Waals surface area contributed by atoms with Crippen LogP contribution in [0.5, 0.6) is 0 Å². The number of nitrogens with zero attached hydrogens (tertiary/aromatic N) is 2. The van der Waals surface area contributed by atoms with Crippen LogP contribution in [0.2, 0.25) is 0 Å². The van der Waals surface area contributed by atoms with Crippen molar-refractivity contribution < 1.29 is 4.74 Å². The van der Waals surface area contributed by atoms with Gasteiger partial charge in [-0.1, -0.05) is 13.8 Å². The molecule has 3 heteroatoms. The van der Waals surface area contributed by atoms with Gasteiger partial charge in [0.2, 0.25) is 0 Å². The van der Waals surface area contributed by atoms with E-state index in [0.29, 0.717) is 5.92 Å². The Morgan fingerprint density at radius 1 is 1.58 bits per heavy atom. The van der Waals surface area contributed by atoms with Gasteiger partial charge in [0.25, 0.3) is 0 Å². The van der Waals surface area contributed by atoms with Crippen LogP contribution in [0.15, 0.2) is 12.5 Å². The Morgan fingerprint density at radius 2 is 2.33 bits per heavy atom. The van der Waals surface area contributed by atoms with E-state index < -0.39 is 0 Å². The summed E-state index contributed by atoms with van der Waals surface area (Å²) < 4.78 is 7.13. The number of hydrogen-bond acceptors (Lipinski definition) is 2. The minimum Gasteiger partial charge on any atom is -0.383 e. The van der Waals surface area contributed by atoms with Crippen molar-refractivity contribution in [2.24, 2.45) is 0 Å². The van der Waals surface area contributed by atoms with Gasteiger partial charge in [0.15, 0.2) is 0 Å². The molecule has 0 amide bonds. The summed E-state index contributed by atoms with van der Waals surface area (Å²) in [6, 6.07) is 0. The largest absolute Gasteiger partial charge is 0.383 e. The van der Waals surface area contributed by atoms with Gasteiger partial charge in [0.1, 0.15) is 0 Å². The van der Waals surface area contributed by atoms with E-state index in [1.807, 2.05) is 12.5 Å². The molecule has 3 nitrogen and oxygen atoms in total. The lowest BCUT2D eigenvalue weighted by molar-refractivity contribution is 0.186. The van der Waals surface area contributed by atoms with Gasteiger partial charge in [0, 0.05) is 25.5 Å². The highest BCUT2D eigenvalue weighted by atomic mass is 16.5. The number of hydrogen-bond donors (Lipinski definition) is 0. The number of rotatable bonds is 4. The molecule has 0 saturated carbocycles. The fraction of sp³-hybridized carbons (Fsp3) is 0.667. The molecule has 0 atom stereocenters. The van der Waals surface area contributed by atoms with Gasteiger partial charge in [-0.2, -0.15) is 0 Å². The van der Waals surface area contributed by atoms with Crippen molar-refractivity contribution >= 4 is 0 Å². The molecule has 68 valence electrons. The Kier molecular flexibility index (Phi) is 3.29. The predicted octanol–water partition coefficient (Wildman–Crippen LogP) is 1.65. The average molecular weight is 168 g/mol. The molecule has 0 radical (unpaired) electrons. The van der Waals surface area contributed by atoms with Crippen LogP contribution in [-0.4, -0.2) is 23.3 Å². The third kappa shape index (κ3) is 2.08. The molecule has 1 heterocycles. The molecule has 0 bridgehead atoms. The van der Waals surface area contributed by atoms with Crippen molar-refractivity contribution in [3.05, 3.63) is 18.2 Å². The topological polar surface area (TPSA) is 27.1 Å². The molecule has 0 aliphatic heterocycles. The molecular weight excluding hydrogens is 152 g/mol. The lowest BCUT2D eigenvalue weighted by Crippen LogP contribution is -2.07. The number of imidazole rings is 1. The third-order valence-electron chi connectivity index (χ3n) is 1.87. The number of aromatic nitrogens is 2. The van der Waals surface area contributed by atoms with E-state index >= 15 is 0 Å². The first-order valence-electron chi connectivity index (χ1n) is 4.24. The lowest BCUT2D eigenvalue weighted by Gasteiger charge is -2.09. The highest BCUT2D eigenvalue weighted by Gasteiger charge is 2.04. The van der Waals surface area contributed by atoms with Crippen LogP contribution in [0.3, 0.4) is 0 Å². The van der Waals surface area contributed by atoms with Crippen molar-refractivity contribution in [1.82, 2.24) is 9.55 Å². The minimum atomic E-state index is 0.532. The summed E-state index contributed by atoms with van der Waals surface area (Å²) in [6.07, 6.45) is 3.77. The average Bonchev–Trinajstić information content (AvgIpc) is 2.48. The van der Waals surface area contributed by atoms with Crippen LogP contribution in [0.25, 0.3) is 0 Å². The molecule has 1 aromatic heterocycles. The first kappa shape index (κ1) is 9.26. The van der Waals surface area contributed by atoms with Crippen molar-refractivity contribution in [1.29, 1.82) is 0 Å². The lowest BCUT2D eigenvalue weighted by atomic mass is 10.1. The van der Waals surface area contributed by atoms with Gasteiger partial charge in [-0.3, -0.25) is 0 Å². The summed E-state index contributed by atoms with van der Waals surface area (Å²) in [5, 5.41) is 0. The van der Waals surface area contributed by atoms with Gasteiger partial charge in [-0.25, -0.2) is 4.98 Å². The molecule has 0 spiro atoms. The molecule has 0 N–H and O–H groups in total. The fourth-order valence-electron chi connectivity index (χ4n) is 1.19. The number of methoxy groups -OCH3 is 1. The van der Waals surface area contributed by atoms with Crippen LogP contribution >= 0.6 is 0 Å². The quantitative estimate of drug-likeness (QED) is 0.683. The zero-order valence-corrected chi connectivity index (χ0v) is 7.95. The first-order chi connectivity index (χ1) is 5.75. The van der Waals surface area contributed by atoms with Gasteiger partial charge in [-0.05, 0) is 5.92 Å². The van der Waals surface area contributed by atoms with Gasteiger partial charge < -0.3 is 9.30 Å². The second-order valence-corrected chi connectivity index (χ2v) is 3.16. The van der Waals surface area contributed by atoms with Gasteiger partial charge in [-0.15, -0.1) is 0 Å². The SMILES string of the molecule is COCCn1cncc1C(C)C. The van der Waals surface area contributed by atoms with Crippen LogP contribution in [0.1, 0.15) is 25.5 Å². The number of ether oxygens (including phenoxy) is 1. The second kappa shape index (κ2) is 4.26. The molecule has 0 unspecified atom stereocenters. The summed E-state index contributed by atoms with van der Waals surface area (Å²) in [5.74, 6) is 0.532. The highest BCUT2D eigenvalue weighted by molar-refractivity contribution is 5.03. The third-order valence-corrected chi connectivity index (χ3v) is 1.87. The Morgan fingerprint density at radius 3 is 2.92 bits per heavy atom. The zero-order chi connectivity index (χ0) is 8.97. The van der Waals surface area contributed by atoms with Gasteiger partial charge >= 0.3 is 0 Å². The molecule has 0 saturated heterocycles. The highest BCUT2D eigenvalue weighted by Crippen LogP contribution is 2.12. The van der Waals surface area contributed by atoms with E-state index in [9.17, 15) is 0 Å². The zero-order valence-electron chi connectivity index (χ0n) is 7.95. The van der Waals surface area contributed by atoms with Crippen LogP contribution in [0, 0.1) is 0 Å². The molecule has 0 aromatic carbocycles. The Bertz CT molecular complexity index is 230. The standard InChI is InChI=1S/C9H16N2O/c1-8(2)9-6-10-7-11(9)4-5-12-3/h6-8H,4-5H2,1-3H3. The Labute approximate surface area is 73.4 Å². The fourth-order valence-corrected chi connectivity index (χ4v) is 1.19. The molecule has 0 aliphatic rings. The van der Waals surface area contributed by atoms with E-state index in [1.165, 1.54) is 5.69 Å². The molecule has 0 fully saturated rings. The van der Waals surface area contributed by atoms with E-state index in [1.54, 1.807) is 7.11 Å². The van der Waals surface area contributed by atoms with Crippen LogP contribution in [-0.2, 0) is 11.3 Å². The van der Waals surface area contributed by atoms with Crippen molar-refractivity contribution in [3.8, 4) is 0 Å². The maximum Gasteiger partial charge on any atom is 0.0949 e. The summed E-state index contributed by atoms with van der Waals surface area (Å²) in [5.41, 5.74) is 1.27. The van der Waals surface area contributed by atoms with Crippen LogP contribution in [0.4, 0.5) is 0 Å². The summed E-state index contributed by atoms with van der Waals surface area (Å²) in [7, 11) is 1.71. The van der Waals surface area contributed by atoms with Gasteiger partial charge in [0.05, 0.1) is 12.9 Å². The maximum atomic E-state index is 5.00. The Hall–Kier alpha value is -0.830. The molecular formula is C9H16N2O. The summed E-state index contributed by atoms with van der Waals surface area (Å²) in [4.78, 5) is 4.10. The Balaban J connectivity index is 2.64. The van der Waals surface area contributed by atoms with Crippen molar-refractivity contribution in [3.63, 3.8) is 0 Å². The van der Waals surface area contributed by atoms with Crippen molar-refractivity contribution in [2.75, 3.05) is 13.7 Å². The van der Waals surface area contributed by atoms with E-state index in [2.05, 4.69) is 23.4 Å². The molecule has 1 aromatic rings. The first-order valence-corrected chi connectivity index (χ1v) is 4.24. The monoisotopic (exact) mass is 168 g/mol. The van der Waals surface area contributed by atoms with E-state index in [-0.39, 0.29) is 0 Å². The molecule has 1 rings (SSSR count). The summed E-state index contributed by atoms with van der Waals surface area (Å²) in [6.45, 7) is 5.97. The molecule has 0 aliphatic carbocycles. The normalized spacial score (nSPS) is 11.0. The van der Waals surface area contributed by atoms with Crippen LogP contribution < -0.4 is 0 Å². The molecule has 12 heavy (non-hydrogen) atoms. The smallest absolute Gasteiger partial charge is 0.0949 e. The summed E-state index contributed by atoms with van der Waals surface area (Å²) >= 11 is 0. The maximum absolute atomic E-state index is 5.00.